The number of anilines is 1. The Bertz CT molecular complexity index is 837. The van der Waals surface area contributed by atoms with Crippen LogP contribution in [-0.2, 0) is 29.0 Å². The van der Waals surface area contributed by atoms with Crippen molar-refractivity contribution < 1.29 is 27.4 Å². The van der Waals surface area contributed by atoms with Crippen LogP contribution in [0, 0.1) is 5.92 Å². The van der Waals surface area contributed by atoms with E-state index in [1.165, 1.54) is 10.4 Å². The second kappa shape index (κ2) is 9.71. The van der Waals surface area contributed by atoms with E-state index in [1.807, 2.05) is 0 Å². The van der Waals surface area contributed by atoms with E-state index in [0.717, 1.165) is 25.9 Å². The molecule has 0 spiro atoms. The van der Waals surface area contributed by atoms with Crippen LogP contribution in [0.5, 0.6) is 0 Å². The number of carbonyl (C=O) groups excluding carboxylic acids is 1. The third-order valence-corrected chi connectivity index (χ3v) is 7.56. The van der Waals surface area contributed by atoms with E-state index in [1.54, 1.807) is 18.2 Å². The van der Waals surface area contributed by atoms with Crippen molar-refractivity contribution >= 4 is 21.6 Å². The topological polar surface area (TPSA) is 97.4 Å². The molecule has 1 N–H and O–H groups in total. The lowest BCUT2D eigenvalue weighted by Crippen LogP contribution is -2.44. The van der Waals surface area contributed by atoms with Crippen LogP contribution in [0.15, 0.2) is 29.2 Å². The van der Waals surface area contributed by atoms with Crippen LogP contribution < -0.4 is 5.32 Å². The van der Waals surface area contributed by atoms with Gasteiger partial charge in [0.05, 0.1) is 37.9 Å². The zero-order valence-electron chi connectivity index (χ0n) is 17.0. The Morgan fingerprint density at radius 1 is 1.10 bits per heavy atom. The van der Waals surface area contributed by atoms with E-state index in [2.05, 4.69) is 10.2 Å². The summed E-state index contributed by atoms with van der Waals surface area (Å²) in [6.45, 7) is 4.58. The minimum absolute atomic E-state index is 0.162. The Kier molecular flexibility index (Phi) is 7.01. The maximum atomic E-state index is 12.8. The summed E-state index contributed by atoms with van der Waals surface area (Å²) in [5.74, 6) is 0.112. The second-order valence-corrected chi connectivity index (χ2v) is 9.78. The van der Waals surface area contributed by atoms with Gasteiger partial charge in [0.2, 0.25) is 15.9 Å². The van der Waals surface area contributed by atoms with Crippen molar-refractivity contribution in [1.82, 2.24) is 9.21 Å². The third kappa shape index (κ3) is 5.19. The Morgan fingerprint density at radius 2 is 1.87 bits per heavy atom. The van der Waals surface area contributed by atoms with Crippen LogP contribution in [0.2, 0.25) is 0 Å². The summed E-state index contributed by atoms with van der Waals surface area (Å²) in [4.78, 5) is 14.9. The fraction of sp³-hybridized carbons (Fsp3) is 0.650. The maximum Gasteiger partial charge on any atom is 0.243 e. The molecule has 1 amide bonds. The van der Waals surface area contributed by atoms with E-state index in [9.17, 15) is 13.2 Å². The quantitative estimate of drug-likeness (QED) is 0.698. The largest absolute Gasteiger partial charge is 0.379 e. The fourth-order valence-electron chi connectivity index (χ4n) is 4.18. The number of hydrogen-bond donors (Lipinski definition) is 1. The van der Waals surface area contributed by atoms with Gasteiger partial charge < -0.3 is 19.5 Å². The predicted octanol–water partition coefficient (Wildman–Crippen LogP) is 0.731. The molecule has 0 bridgehead atoms. The second-order valence-electron chi connectivity index (χ2n) is 7.84. The highest BCUT2D eigenvalue weighted by Crippen LogP contribution is 2.25. The minimum atomic E-state index is -3.60. The third-order valence-electron chi connectivity index (χ3n) is 5.67. The molecule has 3 aliphatic heterocycles. The molecule has 166 valence electrons. The fourth-order valence-corrected chi connectivity index (χ4v) is 5.63. The highest BCUT2D eigenvalue weighted by Gasteiger charge is 2.32. The molecule has 3 aliphatic rings. The van der Waals surface area contributed by atoms with Crippen LogP contribution >= 0.6 is 0 Å². The Balaban J connectivity index is 1.35. The van der Waals surface area contributed by atoms with Gasteiger partial charge in [-0.25, -0.2) is 8.42 Å². The van der Waals surface area contributed by atoms with Gasteiger partial charge >= 0.3 is 0 Å². The summed E-state index contributed by atoms with van der Waals surface area (Å²) in [5.41, 5.74) is 0.477. The first-order chi connectivity index (χ1) is 14.5. The first kappa shape index (κ1) is 21.7. The summed E-state index contributed by atoms with van der Waals surface area (Å²) in [6, 6.07) is 6.42. The molecule has 1 aromatic carbocycles. The van der Waals surface area contributed by atoms with Crippen LogP contribution in [0.3, 0.4) is 0 Å². The van der Waals surface area contributed by atoms with Crippen LogP contribution in [0.25, 0.3) is 0 Å². The molecule has 10 heteroatoms. The van der Waals surface area contributed by atoms with E-state index in [0.29, 0.717) is 45.2 Å². The van der Waals surface area contributed by atoms with Gasteiger partial charge in [0.15, 0.2) is 6.29 Å². The monoisotopic (exact) mass is 439 g/mol. The van der Waals surface area contributed by atoms with Crippen LogP contribution in [0.4, 0.5) is 5.69 Å². The molecule has 0 unspecified atom stereocenters. The number of nitrogens with one attached hydrogen (secondary N) is 1. The molecule has 4 rings (SSSR count). The molecule has 3 saturated heterocycles. The average molecular weight is 440 g/mol. The molecule has 1 atom stereocenters. The summed E-state index contributed by atoms with van der Waals surface area (Å²) in [5, 5.41) is 2.84. The van der Waals surface area contributed by atoms with E-state index in [4.69, 9.17) is 14.2 Å². The molecular weight excluding hydrogens is 410 g/mol. The summed E-state index contributed by atoms with van der Waals surface area (Å²) >= 11 is 0. The van der Waals surface area contributed by atoms with Gasteiger partial charge in [0.25, 0.3) is 0 Å². The van der Waals surface area contributed by atoms with Crippen molar-refractivity contribution in [3.05, 3.63) is 24.3 Å². The number of piperidine rings is 1. The average Bonchev–Trinajstić information content (AvgIpc) is 3.30. The normalized spacial score (nSPS) is 24.7. The van der Waals surface area contributed by atoms with Gasteiger partial charge in [-0.3, -0.25) is 9.69 Å². The highest BCUT2D eigenvalue weighted by atomic mass is 32.2. The van der Waals surface area contributed by atoms with Gasteiger partial charge in [0.1, 0.15) is 0 Å². The first-order valence-electron chi connectivity index (χ1n) is 10.5. The molecular formula is C20H29N3O6S. The van der Waals surface area contributed by atoms with Gasteiger partial charge in [-0.05, 0) is 37.6 Å². The summed E-state index contributed by atoms with van der Waals surface area (Å²) < 4.78 is 43.5. The number of hydrogen-bond acceptors (Lipinski definition) is 7. The zero-order chi connectivity index (χ0) is 21.0. The lowest BCUT2D eigenvalue weighted by molar-refractivity contribution is -0.121. The maximum absolute atomic E-state index is 12.8. The number of likely N-dealkylation sites (tertiary alicyclic amines) is 1. The van der Waals surface area contributed by atoms with Crippen molar-refractivity contribution in [2.24, 2.45) is 5.92 Å². The molecule has 3 heterocycles. The van der Waals surface area contributed by atoms with E-state index < -0.39 is 10.0 Å². The van der Waals surface area contributed by atoms with Crippen molar-refractivity contribution in [2.75, 3.05) is 64.5 Å². The molecule has 0 radical (unpaired) electrons. The van der Waals surface area contributed by atoms with Crippen LogP contribution in [-0.4, -0.2) is 89.0 Å². The van der Waals surface area contributed by atoms with Crippen molar-refractivity contribution in [3.8, 4) is 0 Å². The lowest BCUT2D eigenvalue weighted by atomic mass is 9.97. The highest BCUT2D eigenvalue weighted by molar-refractivity contribution is 7.89. The van der Waals surface area contributed by atoms with Crippen molar-refractivity contribution in [3.63, 3.8) is 0 Å². The number of rotatable bonds is 6. The Hall–Kier alpha value is -1.56. The lowest BCUT2D eigenvalue weighted by Gasteiger charge is -2.34. The molecule has 30 heavy (non-hydrogen) atoms. The van der Waals surface area contributed by atoms with Crippen molar-refractivity contribution in [2.45, 2.75) is 24.0 Å². The SMILES string of the molecule is O=C(CN1CCC[C@H](C2OCCO2)C1)Nc1cccc(S(=O)(=O)N2CCOCC2)c1. The number of ether oxygens (including phenoxy) is 3. The van der Waals surface area contributed by atoms with Gasteiger partial charge in [-0.2, -0.15) is 4.31 Å². The van der Waals surface area contributed by atoms with Gasteiger partial charge in [-0.15, -0.1) is 0 Å². The standard InChI is InChI=1S/C20H29N3O6S/c24-19(15-22-6-2-3-16(14-22)20-28-11-12-29-20)21-17-4-1-5-18(13-17)30(25,26)23-7-9-27-10-8-23/h1,4-5,13,16,20H,2-3,6-12,14-15H2,(H,21,24)/t16-/m0/s1. The van der Waals surface area contributed by atoms with E-state index in [-0.39, 0.29) is 29.6 Å². The number of benzene rings is 1. The molecule has 1 aromatic rings. The number of morpholine rings is 1. The molecule has 9 nitrogen and oxygen atoms in total. The van der Waals surface area contributed by atoms with Crippen LogP contribution in [0.1, 0.15) is 12.8 Å². The zero-order valence-corrected chi connectivity index (χ0v) is 17.8. The predicted molar refractivity (Wildman–Crippen MR) is 110 cm³/mol. The minimum Gasteiger partial charge on any atom is -0.379 e. The van der Waals surface area contributed by atoms with Gasteiger partial charge in [0, 0.05) is 31.2 Å². The number of nitrogens with zero attached hydrogens (tertiary/aromatic N) is 2. The number of amides is 1. The Morgan fingerprint density at radius 3 is 2.63 bits per heavy atom. The summed E-state index contributed by atoms with van der Waals surface area (Å²) in [6.07, 6.45) is 1.86. The summed E-state index contributed by atoms with van der Waals surface area (Å²) in [7, 11) is -3.60. The van der Waals surface area contributed by atoms with E-state index >= 15 is 0 Å². The van der Waals surface area contributed by atoms with Crippen molar-refractivity contribution in [1.29, 1.82) is 0 Å². The number of sulfonamides is 1. The smallest absolute Gasteiger partial charge is 0.243 e. The van der Waals surface area contributed by atoms with Gasteiger partial charge in [-0.1, -0.05) is 6.07 Å². The molecule has 0 aliphatic carbocycles. The molecule has 0 aromatic heterocycles. The first-order valence-corrected chi connectivity index (χ1v) is 11.9. The number of carbonyl (C=O) groups is 1. The molecule has 3 fully saturated rings. The Labute approximate surface area is 177 Å². The molecule has 0 saturated carbocycles.